The summed E-state index contributed by atoms with van der Waals surface area (Å²) in [5.41, 5.74) is 1.35. The van der Waals surface area contributed by atoms with E-state index in [1.54, 1.807) is 0 Å². The first-order valence-electron chi connectivity index (χ1n) is 6.02. The number of nitrogens with one attached hydrogen (secondary N) is 1. The summed E-state index contributed by atoms with van der Waals surface area (Å²) in [6, 6.07) is 4.41. The van der Waals surface area contributed by atoms with Gasteiger partial charge < -0.3 is 5.32 Å². The summed E-state index contributed by atoms with van der Waals surface area (Å²) in [7, 11) is 0. The second-order valence-corrected chi connectivity index (χ2v) is 4.53. The summed E-state index contributed by atoms with van der Waals surface area (Å²) >= 11 is 0. The van der Waals surface area contributed by atoms with Gasteiger partial charge in [0, 0.05) is 17.7 Å². The maximum atomic E-state index is 13.5. The SMILES string of the molecule is CC(=CCCNC1CC1)c1ccc(F)cc1F. The highest BCUT2D eigenvalue weighted by atomic mass is 19.1. The Kier molecular flexibility index (Phi) is 3.89. The largest absolute Gasteiger partial charge is 0.314 e. The number of benzene rings is 1. The van der Waals surface area contributed by atoms with Crippen LogP contribution in [0.1, 0.15) is 31.7 Å². The molecule has 1 N–H and O–H groups in total. The molecule has 0 saturated heterocycles. The molecular formula is C14H17F2N. The van der Waals surface area contributed by atoms with Gasteiger partial charge in [0.05, 0.1) is 0 Å². The number of rotatable bonds is 5. The van der Waals surface area contributed by atoms with Crippen LogP contribution in [0.25, 0.3) is 5.57 Å². The van der Waals surface area contributed by atoms with Crippen LogP contribution < -0.4 is 5.32 Å². The van der Waals surface area contributed by atoms with E-state index in [1.165, 1.54) is 25.0 Å². The van der Waals surface area contributed by atoms with Gasteiger partial charge in [0.15, 0.2) is 0 Å². The van der Waals surface area contributed by atoms with E-state index in [1.807, 2.05) is 13.0 Å². The highest BCUT2D eigenvalue weighted by Gasteiger charge is 2.19. The quantitative estimate of drug-likeness (QED) is 0.773. The zero-order valence-corrected chi connectivity index (χ0v) is 9.97. The van der Waals surface area contributed by atoms with Crippen LogP contribution >= 0.6 is 0 Å². The van der Waals surface area contributed by atoms with E-state index in [2.05, 4.69) is 5.32 Å². The van der Waals surface area contributed by atoms with Crippen LogP contribution in [-0.2, 0) is 0 Å². The minimum atomic E-state index is -0.533. The summed E-state index contributed by atoms with van der Waals surface area (Å²) in [5.74, 6) is -1.02. The average molecular weight is 237 g/mol. The van der Waals surface area contributed by atoms with Crippen molar-refractivity contribution in [2.45, 2.75) is 32.2 Å². The molecule has 0 radical (unpaired) electrons. The summed E-state index contributed by atoms with van der Waals surface area (Å²) in [6.45, 7) is 2.78. The molecule has 0 atom stereocenters. The standard InChI is InChI=1S/C14H17F2N/c1-10(3-2-8-17-12-5-6-12)13-7-4-11(15)9-14(13)16/h3-4,7,9,12,17H,2,5-6,8H2,1H3. The van der Waals surface area contributed by atoms with Gasteiger partial charge >= 0.3 is 0 Å². The van der Waals surface area contributed by atoms with Crippen molar-refractivity contribution in [1.29, 1.82) is 0 Å². The van der Waals surface area contributed by atoms with Gasteiger partial charge in [-0.1, -0.05) is 6.08 Å². The zero-order chi connectivity index (χ0) is 12.3. The van der Waals surface area contributed by atoms with Crippen molar-refractivity contribution in [3.8, 4) is 0 Å². The van der Waals surface area contributed by atoms with Crippen LogP contribution in [0.4, 0.5) is 8.78 Å². The molecule has 0 heterocycles. The molecule has 1 nitrogen and oxygen atoms in total. The van der Waals surface area contributed by atoms with Gasteiger partial charge in [0.1, 0.15) is 11.6 Å². The summed E-state index contributed by atoms with van der Waals surface area (Å²) < 4.78 is 26.2. The Balaban J connectivity index is 1.92. The lowest BCUT2D eigenvalue weighted by molar-refractivity contribution is 0.581. The Labute approximate surface area is 101 Å². The smallest absolute Gasteiger partial charge is 0.133 e. The molecule has 0 amide bonds. The molecular weight excluding hydrogens is 220 g/mol. The normalized spacial score (nSPS) is 16.3. The van der Waals surface area contributed by atoms with Crippen molar-refractivity contribution in [3.05, 3.63) is 41.5 Å². The molecule has 1 aromatic rings. The molecule has 0 unspecified atom stereocenters. The third-order valence-electron chi connectivity index (χ3n) is 2.96. The first-order chi connectivity index (χ1) is 8.16. The molecule has 1 fully saturated rings. The molecule has 0 aliphatic heterocycles. The molecule has 1 saturated carbocycles. The van der Waals surface area contributed by atoms with Crippen LogP contribution in [0.2, 0.25) is 0 Å². The summed E-state index contributed by atoms with van der Waals surface area (Å²) in [4.78, 5) is 0. The number of halogens is 2. The fourth-order valence-corrected chi connectivity index (χ4v) is 1.78. The maximum Gasteiger partial charge on any atom is 0.133 e. The van der Waals surface area contributed by atoms with Crippen molar-refractivity contribution in [1.82, 2.24) is 5.32 Å². The highest BCUT2D eigenvalue weighted by Crippen LogP contribution is 2.20. The second-order valence-electron chi connectivity index (χ2n) is 4.53. The van der Waals surface area contributed by atoms with E-state index < -0.39 is 11.6 Å². The van der Waals surface area contributed by atoms with Gasteiger partial charge in [0.2, 0.25) is 0 Å². The van der Waals surface area contributed by atoms with E-state index in [0.717, 1.165) is 24.6 Å². The van der Waals surface area contributed by atoms with E-state index in [-0.39, 0.29) is 0 Å². The molecule has 0 bridgehead atoms. The first kappa shape index (κ1) is 12.2. The van der Waals surface area contributed by atoms with Crippen LogP contribution in [0.5, 0.6) is 0 Å². The molecule has 1 aromatic carbocycles. The van der Waals surface area contributed by atoms with Crippen LogP contribution in [0, 0.1) is 11.6 Å². The van der Waals surface area contributed by atoms with Gasteiger partial charge in [-0.15, -0.1) is 0 Å². The van der Waals surface area contributed by atoms with Crippen molar-refractivity contribution in [2.24, 2.45) is 0 Å². The predicted molar refractivity (Wildman–Crippen MR) is 65.7 cm³/mol. The molecule has 1 aliphatic carbocycles. The van der Waals surface area contributed by atoms with E-state index in [9.17, 15) is 8.78 Å². The fourth-order valence-electron chi connectivity index (χ4n) is 1.78. The zero-order valence-electron chi connectivity index (χ0n) is 9.97. The molecule has 0 spiro atoms. The number of hydrogen-bond donors (Lipinski definition) is 1. The lowest BCUT2D eigenvalue weighted by Crippen LogP contribution is -2.16. The third kappa shape index (κ3) is 3.63. The Morgan fingerprint density at radius 1 is 1.41 bits per heavy atom. The average Bonchev–Trinajstić information content (AvgIpc) is 3.08. The minimum absolute atomic E-state index is 0.484. The fraction of sp³-hybridized carbons (Fsp3) is 0.429. The molecule has 1 aliphatic rings. The Hall–Kier alpha value is -1.22. The Bertz CT molecular complexity index is 422. The van der Waals surface area contributed by atoms with Crippen molar-refractivity contribution in [2.75, 3.05) is 6.54 Å². The minimum Gasteiger partial charge on any atom is -0.314 e. The van der Waals surface area contributed by atoms with E-state index in [4.69, 9.17) is 0 Å². The van der Waals surface area contributed by atoms with Crippen molar-refractivity contribution < 1.29 is 8.78 Å². The van der Waals surface area contributed by atoms with Crippen LogP contribution in [0.15, 0.2) is 24.3 Å². The lowest BCUT2D eigenvalue weighted by Gasteiger charge is -2.04. The first-order valence-corrected chi connectivity index (χ1v) is 6.02. The Morgan fingerprint density at radius 3 is 2.82 bits per heavy atom. The molecule has 17 heavy (non-hydrogen) atoms. The highest BCUT2D eigenvalue weighted by molar-refractivity contribution is 5.64. The number of allylic oxidation sites excluding steroid dienone is 1. The van der Waals surface area contributed by atoms with Crippen LogP contribution in [0.3, 0.4) is 0 Å². The van der Waals surface area contributed by atoms with Gasteiger partial charge in [-0.2, -0.15) is 0 Å². The van der Waals surface area contributed by atoms with Gasteiger partial charge in [-0.25, -0.2) is 8.78 Å². The monoisotopic (exact) mass is 237 g/mol. The predicted octanol–water partition coefficient (Wildman–Crippen LogP) is 3.51. The maximum absolute atomic E-state index is 13.5. The topological polar surface area (TPSA) is 12.0 Å². The van der Waals surface area contributed by atoms with E-state index in [0.29, 0.717) is 11.6 Å². The molecule has 92 valence electrons. The van der Waals surface area contributed by atoms with Gasteiger partial charge in [-0.3, -0.25) is 0 Å². The Morgan fingerprint density at radius 2 is 2.18 bits per heavy atom. The summed E-state index contributed by atoms with van der Waals surface area (Å²) in [6.07, 6.45) is 5.41. The molecule has 3 heteroatoms. The molecule has 2 rings (SSSR count). The second kappa shape index (κ2) is 5.41. The van der Waals surface area contributed by atoms with Crippen molar-refractivity contribution >= 4 is 5.57 Å². The van der Waals surface area contributed by atoms with Gasteiger partial charge in [-0.05, 0) is 50.4 Å². The lowest BCUT2D eigenvalue weighted by atomic mass is 10.1. The summed E-state index contributed by atoms with van der Waals surface area (Å²) in [5, 5.41) is 3.39. The number of hydrogen-bond acceptors (Lipinski definition) is 1. The molecule has 0 aromatic heterocycles. The van der Waals surface area contributed by atoms with Gasteiger partial charge in [0.25, 0.3) is 0 Å². The van der Waals surface area contributed by atoms with Crippen LogP contribution in [-0.4, -0.2) is 12.6 Å². The van der Waals surface area contributed by atoms with E-state index >= 15 is 0 Å². The van der Waals surface area contributed by atoms with Crippen molar-refractivity contribution in [3.63, 3.8) is 0 Å². The third-order valence-corrected chi connectivity index (χ3v) is 2.96.